The number of guanidine groups is 1. The highest BCUT2D eigenvalue weighted by molar-refractivity contribution is 6.32. The monoisotopic (exact) mass is 323 g/mol. The topological polar surface area (TPSA) is 145 Å². The second-order valence-electron chi connectivity index (χ2n) is 4.07. The molecule has 0 unspecified atom stereocenters. The molecule has 0 atom stereocenters. The number of benzene rings is 1. The van der Waals surface area contributed by atoms with E-state index in [4.69, 9.17) is 28.8 Å². The third kappa shape index (κ3) is 3.58. The standard InChI is InChI=1S/C12H11ClFN7O/c13-8-10(18-6-3-1-5(14)2-4-6)20-9(15)7(19-8)11(22)21-12(16)17/h1-4H,(H3,15,18,20)(H4,16,17,21,22). The fourth-order valence-electron chi connectivity index (χ4n) is 1.50. The van der Waals surface area contributed by atoms with Crippen LogP contribution in [0.3, 0.4) is 0 Å². The third-order valence-electron chi connectivity index (χ3n) is 2.42. The predicted molar refractivity (Wildman–Crippen MR) is 81.3 cm³/mol. The molecular formula is C12H11ClFN7O. The van der Waals surface area contributed by atoms with E-state index in [1.54, 1.807) is 0 Å². The highest BCUT2D eigenvalue weighted by Crippen LogP contribution is 2.24. The van der Waals surface area contributed by atoms with Gasteiger partial charge in [-0.05, 0) is 24.3 Å². The van der Waals surface area contributed by atoms with Gasteiger partial charge in [0.2, 0.25) is 0 Å². The second kappa shape index (κ2) is 6.22. The minimum atomic E-state index is -0.861. The SMILES string of the molecule is NC(N)=NC(=O)c1nc(Cl)c(Nc2ccc(F)cc2)nc1N. The zero-order valence-corrected chi connectivity index (χ0v) is 11.8. The molecule has 1 aromatic carbocycles. The van der Waals surface area contributed by atoms with E-state index in [-0.39, 0.29) is 28.3 Å². The zero-order chi connectivity index (χ0) is 16.3. The maximum atomic E-state index is 12.8. The smallest absolute Gasteiger partial charge is 0.302 e. The lowest BCUT2D eigenvalue weighted by Crippen LogP contribution is -2.24. The van der Waals surface area contributed by atoms with Crippen molar-refractivity contribution in [3.63, 3.8) is 0 Å². The summed E-state index contributed by atoms with van der Waals surface area (Å²) in [6, 6.07) is 5.46. The fourth-order valence-corrected chi connectivity index (χ4v) is 1.68. The van der Waals surface area contributed by atoms with Crippen molar-refractivity contribution in [3.05, 3.63) is 40.9 Å². The molecule has 1 heterocycles. The summed E-state index contributed by atoms with van der Waals surface area (Å²) in [4.78, 5) is 22.7. The molecule has 0 fully saturated rings. The van der Waals surface area contributed by atoms with Gasteiger partial charge in [-0.15, -0.1) is 0 Å². The molecule has 0 aliphatic carbocycles. The third-order valence-corrected chi connectivity index (χ3v) is 2.68. The molecule has 1 amide bonds. The minimum Gasteiger partial charge on any atom is -0.382 e. The van der Waals surface area contributed by atoms with Crippen LogP contribution in [0.5, 0.6) is 0 Å². The summed E-state index contributed by atoms with van der Waals surface area (Å²) in [5, 5.41) is 2.68. The van der Waals surface area contributed by atoms with Crippen LogP contribution in [0.4, 0.5) is 21.7 Å². The summed E-state index contributed by atoms with van der Waals surface area (Å²) in [6.07, 6.45) is 0. The molecule has 1 aromatic heterocycles. The molecular weight excluding hydrogens is 313 g/mol. The zero-order valence-electron chi connectivity index (χ0n) is 11.0. The van der Waals surface area contributed by atoms with Crippen LogP contribution in [0.25, 0.3) is 0 Å². The van der Waals surface area contributed by atoms with E-state index in [1.807, 2.05) is 0 Å². The highest BCUT2D eigenvalue weighted by atomic mass is 35.5. The highest BCUT2D eigenvalue weighted by Gasteiger charge is 2.17. The van der Waals surface area contributed by atoms with E-state index in [0.29, 0.717) is 5.69 Å². The van der Waals surface area contributed by atoms with Crippen molar-refractivity contribution in [2.24, 2.45) is 16.5 Å². The number of nitrogens with zero attached hydrogens (tertiary/aromatic N) is 3. The van der Waals surface area contributed by atoms with Crippen molar-refractivity contribution in [2.45, 2.75) is 0 Å². The summed E-state index contributed by atoms with van der Waals surface area (Å²) in [7, 11) is 0. The Hall–Kier alpha value is -2.94. The minimum absolute atomic E-state index is 0.104. The van der Waals surface area contributed by atoms with E-state index < -0.39 is 11.9 Å². The van der Waals surface area contributed by atoms with Crippen LogP contribution in [-0.4, -0.2) is 21.8 Å². The van der Waals surface area contributed by atoms with Gasteiger partial charge >= 0.3 is 5.91 Å². The molecule has 7 N–H and O–H groups in total. The van der Waals surface area contributed by atoms with Crippen LogP contribution < -0.4 is 22.5 Å². The summed E-state index contributed by atoms with van der Waals surface area (Å²) < 4.78 is 12.8. The van der Waals surface area contributed by atoms with Gasteiger partial charge in [-0.25, -0.2) is 14.4 Å². The summed E-state index contributed by atoms with van der Waals surface area (Å²) in [5.74, 6) is -1.78. The first-order valence-electron chi connectivity index (χ1n) is 5.86. The molecule has 0 aliphatic rings. The van der Waals surface area contributed by atoms with Crippen LogP contribution in [0.15, 0.2) is 29.3 Å². The van der Waals surface area contributed by atoms with Gasteiger partial charge in [-0.1, -0.05) is 11.6 Å². The normalized spacial score (nSPS) is 10.1. The maximum absolute atomic E-state index is 12.8. The Morgan fingerprint density at radius 2 is 1.86 bits per heavy atom. The summed E-state index contributed by atoms with van der Waals surface area (Å²) in [5.41, 5.74) is 16.1. The van der Waals surface area contributed by atoms with E-state index in [9.17, 15) is 9.18 Å². The van der Waals surface area contributed by atoms with Gasteiger partial charge in [-0.2, -0.15) is 4.99 Å². The Balaban J connectivity index is 2.32. The molecule has 0 spiro atoms. The molecule has 0 aliphatic heterocycles. The number of aliphatic imine (C=N–C) groups is 1. The van der Waals surface area contributed by atoms with Gasteiger partial charge < -0.3 is 22.5 Å². The van der Waals surface area contributed by atoms with Gasteiger partial charge in [0, 0.05) is 5.69 Å². The molecule has 0 bridgehead atoms. The van der Waals surface area contributed by atoms with Gasteiger partial charge in [-0.3, -0.25) is 4.79 Å². The van der Waals surface area contributed by atoms with Gasteiger partial charge in [0.05, 0.1) is 0 Å². The second-order valence-corrected chi connectivity index (χ2v) is 4.43. The molecule has 0 saturated carbocycles. The number of nitrogen functional groups attached to an aromatic ring is 1. The average molecular weight is 324 g/mol. The van der Waals surface area contributed by atoms with Crippen LogP contribution in [0, 0.1) is 5.82 Å². The Bertz CT molecular complexity index is 744. The lowest BCUT2D eigenvalue weighted by Gasteiger charge is -2.09. The number of nitrogens with one attached hydrogen (secondary N) is 1. The summed E-state index contributed by atoms with van der Waals surface area (Å²) in [6.45, 7) is 0. The number of carbonyl (C=O) groups excluding carboxylic acids is 1. The molecule has 2 rings (SSSR count). The number of hydrogen-bond acceptors (Lipinski definition) is 5. The van der Waals surface area contributed by atoms with E-state index in [1.165, 1.54) is 24.3 Å². The first-order chi connectivity index (χ1) is 10.4. The van der Waals surface area contributed by atoms with Gasteiger partial charge in [0.1, 0.15) is 5.82 Å². The number of carbonyl (C=O) groups is 1. The van der Waals surface area contributed by atoms with Crippen molar-refractivity contribution in [2.75, 3.05) is 11.1 Å². The maximum Gasteiger partial charge on any atom is 0.302 e. The number of nitrogens with two attached hydrogens (primary N) is 3. The average Bonchev–Trinajstić information content (AvgIpc) is 2.44. The molecule has 114 valence electrons. The lowest BCUT2D eigenvalue weighted by molar-refractivity contribution is 0.0998. The van der Waals surface area contributed by atoms with Crippen LogP contribution in [0.2, 0.25) is 5.15 Å². The van der Waals surface area contributed by atoms with E-state index in [2.05, 4.69) is 20.3 Å². The number of rotatable bonds is 3. The Morgan fingerprint density at radius 3 is 2.45 bits per heavy atom. The number of anilines is 3. The Morgan fingerprint density at radius 1 is 1.23 bits per heavy atom. The molecule has 0 saturated heterocycles. The van der Waals surface area contributed by atoms with Crippen LogP contribution in [0.1, 0.15) is 10.5 Å². The molecule has 0 radical (unpaired) electrons. The molecule has 10 heteroatoms. The van der Waals surface area contributed by atoms with Crippen molar-refractivity contribution in [1.82, 2.24) is 9.97 Å². The first-order valence-corrected chi connectivity index (χ1v) is 6.24. The molecule has 22 heavy (non-hydrogen) atoms. The van der Waals surface area contributed by atoms with Crippen molar-refractivity contribution >= 4 is 40.8 Å². The predicted octanol–water partition coefficient (Wildman–Crippen LogP) is 1.01. The number of amides is 1. The lowest BCUT2D eigenvalue weighted by atomic mass is 10.3. The van der Waals surface area contributed by atoms with Gasteiger partial charge in [0.25, 0.3) is 0 Å². The number of aromatic nitrogens is 2. The molecule has 8 nitrogen and oxygen atoms in total. The van der Waals surface area contributed by atoms with Crippen molar-refractivity contribution < 1.29 is 9.18 Å². The van der Waals surface area contributed by atoms with Gasteiger partial charge in [0.15, 0.2) is 28.4 Å². The molecule has 2 aromatic rings. The largest absolute Gasteiger partial charge is 0.382 e. The fraction of sp³-hybridized carbons (Fsp3) is 0. The first kappa shape index (κ1) is 15.4. The number of hydrogen-bond donors (Lipinski definition) is 4. The van der Waals surface area contributed by atoms with Crippen LogP contribution >= 0.6 is 11.6 Å². The number of halogens is 2. The van der Waals surface area contributed by atoms with Crippen LogP contribution in [-0.2, 0) is 0 Å². The quantitative estimate of drug-likeness (QED) is 0.487. The van der Waals surface area contributed by atoms with E-state index >= 15 is 0 Å². The van der Waals surface area contributed by atoms with Crippen molar-refractivity contribution in [1.29, 1.82) is 0 Å². The Kier molecular flexibility index (Phi) is 4.37. The van der Waals surface area contributed by atoms with E-state index in [0.717, 1.165) is 0 Å². The summed E-state index contributed by atoms with van der Waals surface area (Å²) >= 11 is 5.93. The van der Waals surface area contributed by atoms with Crippen molar-refractivity contribution in [3.8, 4) is 0 Å². The Labute approximate surface area is 129 Å².